The summed E-state index contributed by atoms with van der Waals surface area (Å²) < 4.78 is 28.1. The molecular weight excluding hydrogens is 296 g/mol. The summed E-state index contributed by atoms with van der Waals surface area (Å²) in [5, 5.41) is 3.82. The summed E-state index contributed by atoms with van der Waals surface area (Å²) in [4.78, 5) is 2.48. The molecule has 2 rings (SSSR count). The molecule has 1 aromatic rings. The first-order valence-electron chi connectivity index (χ1n) is 6.84. The molecule has 0 aliphatic carbocycles. The first-order valence-corrected chi connectivity index (χ1v) is 9.27. The number of piperidine rings is 1. The Morgan fingerprint density at radius 1 is 1.55 bits per heavy atom. The standard InChI is InChI=1S/C12H22N4O2S2/c1-3-20(17,18)10-11(13)15-19-12(10)14-7-9-5-4-6-16(2)8-9/h9,14H,3-8H2,1-2H3,(H2,13,15). The molecule has 0 amide bonds. The third kappa shape index (κ3) is 3.42. The topological polar surface area (TPSA) is 88.3 Å². The van der Waals surface area contributed by atoms with E-state index >= 15 is 0 Å². The number of aromatic nitrogens is 1. The predicted molar refractivity (Wildman–Crippen MR) is 83.0 cm³/mol. The molecule has 114 valence electrons. The molecule has 20 heavy (non-hydrogen) atoms. The quantitative estimate of drug-likeness (QED) is 0.850. The third-order valence-corrected chi connectivity index (χ3v) is 6.38. The normalized spacial score (nSPS) is 21.0. The Morgan fingerprint density at radius 2 is 2.30 bits per heavy atom. The highest BCUT2D eigenvalue weighted by Gasteiger charge is 2.25. The minimum atomic E-state index is -3.33. The molecule has 6 nitrogen and oxygen atoms in total. The number of nitrogens with zero attached hydrogens (tertiary/aromatic N) is 2. The zero-order chi connectivity index (χ0) is 14.8. The molecule has 1 aliphatic rings. The Labute approximate surface area is 124 Å². The van der Waals surface area contributed by atoms with Crippen molar-refractivity contribution in [2.24, 2.45) is 5.92 Å². The minimum Gasteiger partial charge on any atom is -0.382 e. The summed E-state index contributed by atoms with van der Waals surface area (Å²) in [6.45, 7) is 4.56. The van der Waals surface area contributed by atoms with Gasteiger partial charge in [0.1, 0.15) is 9.90 Å². The Morgan fingerprint density at radius 3 is 2.95 bits per heavy atom. The maximum absolute atomic E-state index is 12.0. The number of anilines is 2. The number of hydrogen-bond acceptors (Lipinski definition) is 7. The molecule has 1 aromatic heterocycles. The SMILES string of the molecule is CCS(=O)(=O)c1c(N)nsc1NCC1CCCN(C)C1. The van der Waals surface area contributed by atoms with Gasteiger partial charge in [0.15, 0.2) is 15.7 Å². The largest absolute Gasteiger partial charge is 0.382 e. The lowest BCUT2D eigenvalue weighted by Crippen LogP contribution is -2.35. The maximum Gasteiger partial charge on any atom is 0.184 e. The minimum absolute atomic E-state index is 0.0382. The molecule has 0 bridgehead atoms. The van der Waals surface area contributed by atoms with Crippen molar-refractivity contribution < 1.29 is 8.42 Å². The van der Waals surface area contributed by atoms with Gasteiger partial charge in [0.05, 0.1) is 5.75 Å². The highest BCUT2D eigenvalue weighted by molar-refractivity contribution is 7.91. The number of hydrogen-bond donors (Lipinski definition) is 2. The van der Waals surface area contributed by atoms with Gasteiger partial charge in [-0.3, -0.25) is 0 Å². The van der Waals surface area contributed by atoms with Crippen molar-refractivity contribution in [3.8, 4) is 0 Å². The molecule has 1 aliphatic heterocycles. The van der Waals surface area contributed by atoms with E-state index in [4.69, 9.17) is 5.73 Å². The van der Waals surface area contributed by atoms with Gasteiger partial charge in [-0.1, -0.05) is 6.92 Å². The van der Waals surface area contributed by atoms with E-state index in [-0.39, 0.29) is 16.5 Å². The van der Waals surface area contributed by atoms with Crippen LogP contribution in [0.2, 0.25) is 0 Å². The van der Waals surface area contributed by atoms with Crippen molar-refractivity contribution in [2.45, 2.75) is 24.7 Å². The highest BCUT2D eigenvalue weighted by Crippen LogP contribution is 2.32. The maximum atomic E-state index is 12.0. The second kappa shape index (κ2) is 6.28. The zero-order valence-electron chi connectivity index (χ0n) is 11.9. The fraction of sp³-hybridized carbons (Fsp3) is 0.750. The van der Waals surface area contributed by atoms with Crippen molar-refractivity contribution >= 4 is 32.2 Å². The van der Waals surface area contributed by atoms with E-state index < -0.39 is 9.84 Å². The molecular formula is C12H22N4O2S2. The molecule has 0 spiro atoms. The number of rotatable bonds is 5. The van der Waals surface area contributed by atoms with Crippen LogP contribution >= 0.6 is 11.5 Å². The summed E-state index contributed by atoms with van der Waals surface area (Å²) >= 11 is 1.13. The van der Waals surface area contributed by atoms with Crippen molar-refractivity contribution in [3.05, 3.63) is 0 Å². The average molecular weight is 318 g/mol. The van der Waals surface area contributed by atoms with Gasteiger partial charge in [-0.25, -0.2) is 8.42 Å². The van der Waals surface area contributed by atoms with E-state index in [0.717, 1.165) is 31.2 Å². The Kier molecular flexibility index (Phi) is 4.87. The number of nitrogen functional groups attached to an aromatic ring is 1. The molecule has 3 N–H and O–H groups in total. The number of nitrogens with two attached hydrogens (primary N) is 1. The van der Waals surface area contributed by atoms with E-state index in [2.05, 4.69) is 21.6 Å². The number of likely N-dealkylation sites (tertiary alicyclic amines) is 1. The fourth-order valence-corrected chi connectivity index (χ4v) is 4.70. The second-order valence-corrected chi connectivity index (χ2v) is 8.27. The van der Waals surface area contributed by atoms with Gasteiger partial charge in [0.2, 0.25) is 0 Å². The van der Waals surface area contributed by atoms with Crippen molar-refractivity contribution in [1.29, 1.82) is 0 Å². The summed E-state index contributed by atoms with van der Waals surface area (Å²) in [6, 6.07) is 0. The second-order valence-electron chi connectivity index (χ2n) is 5.28. The van der Waals surface area contributed by atoms with E-state index in [1.54, 1.807) is 6.92 Å². The summed E-state index contributed by atoms with van der Waals surface area (Å²) in [5.41, 5.74) is 5.71. The number of nitrogens with one attached hydrogen (secondary N) is 1. The van der Waals surface area contributed by atoms with Crippen LogP contribution < -0.4 is 11.1 Å². The first kappa shape index (κ1) is 15.5. The summed E-state index contributed by atoms with van der Waals surface area (Å²) in [5.74, 6) is 0.686. The molecule has 0 aromatic carbocycles. The highest BCUT2D eigenvalue weighted by atomic mass is 32.2. The lowest BCUT2D eigenvalue weighted by atomic mass is 9.99. The molecule has 1 saturated heterocycles. The fourth-order valence-electron chi connectivity index (χ4n) is 2.53. The summed E-state index contributed by atoms with van der Waals surface area (Å²) in [6.07, 6.45) is 2.36. The van der Waals surface area contributed by atoms with Gasteiger partial charge < -0.3 is 16.0 Å². The molecule has 1 fully saturated rings. The smallest absolute Gasteiger partial charge is 0.184 e. The molecule has 0 saturated carbocycles. The third-order valence-electron chi connectivity index (χ3n) is 3.64. The Hall–Kier alpha value is -0.860. The number of sulfone groups is 1. The van der Waals surface area contributed by atoms with Crippen LogP contribution in [0.4, 0.5) is 10.8 Å². The van der Waals surface area contributed by atoms with Crippen LogP contribution in [0.3, 0.4) is 0 Å². The van der Waals surface area contributed by atoms with E-state index in [1.807, 2.05) is 0 Å². The Bertz CT molecular complexity index is 556. The van der Waals surface area contributed by atoms with Gasteiger partial charge in [0, 0.05) is 13.1 Å². The van der Waals surface area contributed by atoms with Crippen LogP contribution in [-0.4, -0.2) is 50.1 Å². The van der Waals surface area contributed by atoms with Gasteiger partial charge in [-0.2, -0.15) is 4.37 Å². The first-order chi connectivity index (χ1) is 9.44. The van der Waals surface area contributed by atoms with E-state index in [0.29, 0.717) is 10.9 Å². The van der Waals surface area contributed by atoms with Gasteiger partial charge in [0.25, 0.3) is 0 Å². The Balaban J connectivity index is 2.07. The van der Waals surface area contributed by atoms with Crippen molar-refractivity contribution in [2.75, 3.05) is 43.5 Å². The molecule has 2 heterocycles. The van der Waals surface area contributed by atoms with Crippen LogP contribution in [0.15, 0.2) is 4.90 Å². The van der Waals surface area contributed by atoms with E-state index in [9.17, 15) is 8.42 Å². The lowest BCUT2D eigenvalue weighted by Gasteiger charge is -2.29. The molecule has 8 heteroatoms. The van der Waals surface area contributed by atoms with Crippen LogP contribution in [0.5, 0.6) is 0 Å². The van der Waals surface area contributed by atoms with Crippen molar-refractivity contribution in [1.82, 2.24) is 9.27 Å². The zero-order valence-corrected chi connectivity index (χ0v) is 13.6. The van der Waals surface area contributed by atoms with Gasteiger partial charge in [-0.05, 0) is 43.9 Å². The van der Waals surface area contributed by atoms with Gasteiger partial charge in [-0.15, -0.1) is 0 Å². The van der Waals surface area contributed by atoms with Crippen LogP contribution in [-0.2, 0) is 9.84 Å². The molecule has 0 radical (unpaired) electrons. The van der Waals surface area contributed by atoms with Crippen LogP contribution in [0.25, 0.3) is 0 Å². The predicted octanol–water partition coefficient (Wildman–Crippen LogP) is 1.27. The lowest BCUT2D eigenvalue weighted by molar-refractivity contribution is 0.217. The van der Waals surface area contributed by atoms with Crippen LogP contribution in [0.1, 0.15) is 19.8 Å². The monoisotopic (exact) mass is 318 g/mol. The van der Waals surface area contributed by atoms with Crippen molar-refractivity contribution in [3.63, 3.8) is 0 Å². The average Bonchev–Trinajstić information content (AvgIpc) is 2.78. The molecule has 1 unspecified atom stereocenters. The van der Waals surface area contributed by atoms with E-state index in [1.165, 1.54) is 12.8 Å². The summed E-state index contributed by atoms with van der Waals surface area (Å²) in [7, 11) is -1.21. The van der Waals surface area contributed by atoms with Crippen LogP contribution in [0, 0.1) is 5.92 Å². The van der Waals surface area contributed by atoms with Gasteiger partial charge >= 0.3 is 0 Å². The molecule has 1 atom stereocenters.